The van der Waals surface area contributed by atoms with Gasteiger partial charge in [0.25, 0.3) is 0 Å². The number of rotatable bonds is 6. The SMILES string of the molecule is COCCC(C)Oc1ccc(Br)cc1[C@H](C)O. The first-order valence-corrected chi connectivity index (χ1v) is 6.47. The van der Waals surface area contributed by atoms with Crippen molar-refractivity contribution < 1.29 is 14.6 Å². The van der Waals surface area contributed by atoms with Gasteiger partial charge in [-0.25, -0.2) is 0 Å². The first-order chi connectivity index (χ1) is 8.04. The summed E-state index contributed by atoms with van der Waals surface area (Å²) >= 11 is 3.39. The molecule has 2 atom stereocenters. The number of hydrogen-bond acceptors (Lipinski definition) is 3. The molecule has 0 amide bonds. The quantitative estimate of drug-likeness (QED) is 0.876. The second-order valence-electron chi connectivity index (χ2n) is 4.07. The third-order valence-corrected chi connectivity index (χ3v) is 2.97. The molecule has 0 aliphatic heterocycles. The molecule has 0 aliphatic carbocycles. The Morgan fingerprint density at radius 3 is 2.65 bits per heavy atom. The van der Waals surface area contributed by atoms with Gasteiger partial charge in [0.1, 0.15) is 5.75 Å². The van der Waals surface area contributed by atoms with Gasteiger partial charge in [-0.3, -0.25) is 0 Å². The van der Waals surface area contributed by atoms with Gasteiger partial charge in [-0.2, -0.15) is 0 Å². The van der Waals surface area contributed by atoms with E-state index in [0.29, 0.717) is 6.61 Å². The van der Waals surface area contributed by atoms with Crippen LogP contribution in [0.25, 0.3) is 0 Å². The molecule has 0 saturated carbocycles. The van der Waals surface area contributed by atoms with E-state index in [1.807, 2.05) is 25.1 Å². The summed E-state index contributed by atoms with van der Waals surface area (Å²) in [5.74, 6) is 0.729. The molecular weight excluding hydrogens is 284 g/mol. The highest BCUT2D eigenvalue weighted by atomic mass is 79.9. The van der Waals surface area contributed by atoms with Gasteiger partial charge in [0.2, 0.25) is 0 Å². The summed E-state index contributed by atoms with van der Waals surface area (Å²) in [6.07, 6.45) is 0.344. The number of benzene rings is 1. The largest absolute Gasteiger partial charge is 0.490 e. The van der Waals surface area contributed by atoms with E-state index in [9.17, 15) is 5.11 Å². The van der Waals surface area contributed by atoms with Crippen LogP contribution in [0.4, 0.5) is 0 Å². The number of ether oxygens (including phenoxy) is 2. The molecule has 3 nitrogen and oxygen atoms in total. The predicted octanol–water partition coefficient (Wildman–Crippen LogP) is 3.31. The second kappa shape index (κ2) is 6.99. The smallest absolute Gasteiger partial charge is 0.125 e. The molecule has 1 N–H and O–H groups in total. The maximum Gasteiger partial charge on any atom is 0.125 e. The van der Waals surface area contributed by atoms with Crippen molar-refractivity contribution in [2.45, 2.75) is 32.5 Å². The Morgan fingerprint density at radius 2 is 2.06 bits per heavy atom. The highest BCUT2D eigenvalue weighted by Gasteiger charge is 2.12. The molecule has 4 heteroatoms. The van der Waals surface area contributed by atoms with Crippen molar-refractivity contribution in [1.82, 2.24) is 0 Å². The maximum absolute atomic E-state index is 9.69. The number of hydrogen-bond donors (Lipinski definition) is 1. The van der Waals surface area contributed by atoms with Crippen molar-refractivity contribution in [1.29, 1.82) is 0 Å². The first kappa shape index (κ1) is 14.5. The van der Waals surface area contributed by atoms with E-state index >= 15 is 0 Å². The highest BCUT2D eigenvalue weighted by Crippen LogP contribution is 2.29. The molecule has 0 heterocycles. The van der Waals surface area contributed by atoms with Crippen molar-refractivity contribution in [3.8, 4) is 5.75 Å². The van der Waals surface area contributed by atoms with E-state index in [-0.39, 0.29) is 6.10 Å². The monoisotopic (exact) mass is 302 g/mol. The van der Waals surface area contributed by atoms with Gasteiger partial charge in [-0.15, -0.1) is 0 Å². The van der Waals surface area contributed by atoms with Crippen molar-refractivity contribution in [3.05, 3.63) is 28.2 Å². The lowest BCUT2D eigenvalue weighted by Crippen LogP contribution is -2.15. The van der Waals surface area contributed by atoms with Gasteiger partial charge < -0.3 is 14.6 Å². The molecule has 1 aromatic rings. The van der Waals surface area contributed by atoms with Crippen molar-refractivity contribution in [3.63, 3.8) is 0 Å². The molecule has 17 heavy (non-hydrogen) atoms. The lowest BCUT2D eigenvalue weighted by molar-refractivity contribution is 0.130. The van der Waals surface area contributed by atoms with Crippen LogP contribution in [-0.2, 0) is 4.74 Å². The van der Waals surface area contributed by atoms with Crippen LogP contribution < -0.4 is 4.74 Å². The molecule has 0 saturated heterocycles. The zero-order valence-electron chi connectivity index (χ0n) is 10.4. The Kier molecular flexibility index (Phi) is 5.95. The Hall–Kier alpha value is -0.580. The van der Waals surface area contributed by atoms with Crippen molar-refractivity contribution in [2.24, 2.45) is 0 Å². The lowest BCUT2D eigenvalue weighted by Gasteiger charge is -2.18. The highest BCUT2D eigenvalue weighted by molar-refractivity contribution is 9.10. The number of halogens is 1. The maximum atomic E-state index is 9.69. The summed E-state index contributed by atoms with van der Waals surface area (Å²) in [6.45, 7) is 4.39. The van der Waals surface area contributed by atoms with Crippen LogP contribution in [0.1, 0.15) is 31.9 Å². The van der Waals surface area contributed by atoms with Gasteiger partial charge in [0.15, 0.2) is 0 Å². The average molecular weight is 303 g/mol. The van der Waals surface area contributed by atoms with Gasteiger partial charge >= 0.3 is 0 Å². The summed E-state index contributed by atoms with van der Waals surface area (Å²) in [7, 11) is 1.67. The number of methoxy groups -OCH3 is 1. The molecule has 0 spiro atoms. The van der Waals surface area contributed by atoms with Crippen LogP contribution in [0.15, 0.2) is 22.7 Å². The van der Waals surface area contributed by atoms with Crippen LogP contribution in [0.5, 0.6) is 5.75 Å². The fraction of sp³-hybridized carbons (Fsp3) is 0.538. The molecule has 0 aliphatic rings. The second-order valence-corrected chi connectivity index (χ2v) is 4.98. The Bertz CT molecular complexity index is 353. The van der Waals surface area contributed by atoms with E-state index in [1.54, 1.807) is 14.0 Å². The molecule has 1 unspecified atom stereocenters. The van der Waals surface area contributed by atoms with E-state index in [2.05, 4.69) is 15.9 Å². The minimum Gasteiger partial charge on any atom is -0.490 e. The van der Waals surface area contributed by atoms with Crippen molar-refractivity contribution >= 4 is 15.9 Å². The van der Waals surface area contributed by atoms with E-state index in [0.717, 1.165) is 22.2 Å². The summed E-state index contributed by atoms with van der Waals surface area (Å²) in [4.78, 5) is 0. The third-order valence-electron chi connectivity index (χ3n) is 2.48. The average Bonchev–Trinajstić information content (AvgIpc) is 2.28. The van der Waals surface area contributed by atoms with Gasteiger partial charge in [-0.1, -0.05) is 15.9 Å². The Morgan fingerprint density at radius 1 is 1.35 bits per heavy atom. The topological polar surface area (TPSA) is 38.7 Å². The summed E-state index contributed by atoms with van der Waals surface area (Å²) in [5.41, 5.74) is 0.795. The Labute approximate surface area is 111 Å². The predicted molar refractivity (Wildman–Crippen MR) is 71.4 cm³/mol. The normalized spacial score (nSPS) is 14.4. The molecule has 1 aromatic carbocycles. The minimum absolute atomic E-state index is 0.0635. The molecule has 1 rings (SSSR count). The summed E-state index contributed by atoms with van der Waals surface area (Å²) in [5, 5.41) is 9.69. The fourth-order valence-electron chi connectivity index (χ4n) is 1.51. The van der Waals surface area contributed by atoms with Crippen LogP contribution in [0.3, 0.4) is 0 Å². The zero-order valence-corrected chi connectivity index (χ0v) is 12.0. The van der Waals surface area contributed by atoms with Crippen molar-refractivity contribution in [2.75, 3.05) is 13.7 Å². The van der Waals surface area contributed by atoms with E-state index in [4.69, 9.17) is 9.47 Å². The van der Waals surface area contributed by atoms with Crippen LogP contribution in [-0.4, -0.2) is 24.9 Å². The molecular formula is C13H19BrO3. The van der Waals surface area contributed by atoms with Gasteiger partial charge in [0.05, 0.1) is 12.2 Å². The summed E-state index contributed by atoms with van der Waals surface area (Å²) < 4.78 is 11.7. The number of aliphatic hydroxyl groups is 1. The first-order valence-electron chi connectivity index (χ1n) is 5.67. The fourth-order valence-corrected chi connectivity index (χ4v) is 1.89. The van der Waals surface area contributed by atoms with Crippen LogP contribution in [0.2, 0.25) is 0 Å². The van der Waals surface area contributed by atoms with Gasteiger partial charge in [-0.05, 0) is 32.0 Å². The standard InChI is InChI=1S/C13H19BrO3/c1-9(6-7-16-3)17-13-5-4-11(14)8-12(13)10(2)15/h4-5,8-10,15H,6-7H2,1-3H3/t9?,10-/m0/s1. The third kappa shape index (κ3) is 4.66. The molecule has 0 aromatic heterocycles. The van der Waals surface area contributed by atoms with Gasteiger partial charge in [0, 0.05) is 30.2 Å². The van der Waals surface area contributed by atoms with Crippen LogP contribution in [0, 0.1) is 0 Å². The molecule has 0 fully saturated rings. The molecule has 96 valence electrons. The number of aliphatic hydroxyl groups excluding tert-OH is 1. The Balaban J connectivity index is 2.76. The summed E-state index contributed by atoms with van der Waals surface area (Å²) in [6, 6.07) is 5.66. The van der Waals surface area contributed by atoms with E-state index < -0.39 is 6.10 Å². The molecule has 0 radical (unpaired) electrons. The molecule has 0 bridgehead atoms. The van der Waals surface area contributed by atoms with E-state index in [1.165, 1.54) is 0 Å². The lowest BCUT2D eigenvalue weighted by atomic mass is 10.1. The van der Waals surface area contributed by atoms with Crippen LogP contribution >= 0.6 is 15.9 Å². The minimum atomic E-state index is -0.544. The zero-order chi connectivity index (χ0) is 12.8.